The van der Waals surface area contributed by atoms with Crippen LogP contribution < -0.4 is 0 Å². The molecule has 0 aromatic rings. The molecule has 0 saturated heterocycles. The van der Waals surface area contributed by atoms with Crippen molar-refractivity contribution in [3.8, 4) is 0 Å². The predicted octanol–water partition coefficient (Wildman–Crippen LogP) is 2.37. The zero-order valence-corrected chi connectivity index (χ0v) is 6.84. The second-order valence-corrected chi connectivity index (χ2v) is 2.50. The molecular weight excluding hydrogens is 140 g/mol. The molecule has 0 atom stereocenters. The van der Waals surface area contributed by atoms with Crippen LogP contribution in [0.3, 0.4) is 0 Å². The summed E-state index contributed by atoms with van der Waals surface area (Å²) in [5, 5.41) is 8.32. The van der Waals surface area contributed by atoms with Gasteiger partial charge in [-0.25, -0.2) is 0 Å². The van der Waals surface area contributed by atoms with Crippen LogP contribution in [0, 0.1) is 0 Å². The number of aliphatic carboxylic acids is 1. The van der Waals surface area contributed by atoms with Crippen LogP contribution in [0.25, 0.3) is 0 Å². The highest BCUT2D eigenvalue weighted by atomic mass is 16.4. The summed E-state index contributed by atoms with van der Waals surface area (Å²) in [4.78, 5) is 10.1. The number of hydrogen-bond acceptors (Lipinski definition) is 1. The Morgan fingerprint density at radius 2 is 2.18 bits per heavy atom. The van der Waals surface area contributed by atoms with Gasteiger partial charge in [-0.2, -0.15) is 0 Å². The highest BCUT2D eigenvalue weighted by Gasteiger charge is 1.95. The average molecular weight is 154 g/mol. The molecule has 0 rings (SSSR count). The first-order chi connectivity index (χ1) is 5.16. The second kappa shape index (κ2) is 5.71. The topological polar surface area (TPSA) is 37.3 Å². The van der Waals surface area contributed by atoms with Gasteiger partial charge < -0.3 is 5.11 Å². The summed E-state index contributed by atoms with van der Waals surface area (Å²) in [6.07, 6.45) is 5.43. The van der Waals surface area contributed by atoms with Gasteiger partial charge in [0, 0.05) is 6.42 Å². The molecule has 0 fully saturated rings. The number of carbonyl (C=O) groups is 1. The van der Waals surface area contributed by atoms with Gasteiger partial charge in [-0.15, -0.1) is 0 Å². The molecule has 0 amide bonds. The maximum atomic E-state index is 10.1. The van der Waals surface area contributed by atoms with Crippen LogP contribution in [0.2, 0.25) is 0 Å². The Morgan fingerprint density at radius 3 is 2.64 bits per heavy atom. The Bertz CT molecular complexity index is 168. The van der Waals surface area contributed by atoms with E-state index in [9.17, 15) is 4.79 Å². The highest BCUT2D eigenvalue weighted by Crippen LogP contribution is 2.05. The lowest BCUT2D eigenvalue weighted by Crippen LogP contribution is -1.93. The van der Waals surface area contributed by atoms with Gasteiger partial charge in [0.05, 0.1) is 0 Å². The van der Waals surface area contributed by atoms with E-state index in [4.69, 9.17) is 5.11 Å². The van der Waals surface area contributed by atoms with Crippen LogP contribution in [-0.2, 0) is 4.79 Å². The second-order valence-electron chi connectivity index (χ2n) is 2.50. The largest absolute Gasteiger partial charge is 0.481 e. The monoisotopic (exact) mass is 154 g/mol. The zero-order valence-electron chi connectivity index (χ0n) is 6.84. The van der Waals surface area contributed by atoms with Gasteiger partial charge in [-0.1, -0.05) is 24.3 Å². The molecule has 11 heavy (non-hydrogen) atoms. The Kier molecular flexibility index (Phi) is 5.17. The molecule has 0 aliphatic carbocycles. The van der Waals surface area contributed by atoms with E-state index in [2.05, 4.69) is 6.58 Å². The van der Waals surface area contributed by atoms with Crippen LogP contribution in [0.4, 0.5) is 0 Å². The minimum atomic E-state index is -0.726. The summed E-state index contributed by atoms with van der Waals surface area (Å²) in [5.74, 6) is -0.726. The van der Waals surface area contributed by atoms with Gasteiger partial charge in [-0.3, -0.25) is 4.79 Å². The molecular formula is C9H14O2. The molecule has 0 radical (unpaired) electrons. The minimum absolute atomic E-state index is 0.252. The van der Waals surface area contributed by atoms with Crippen molar-refractivity contribution in [3.05, 3.63) is 24.3 Å². The molecule has 2 heteroatoms. The highest BCUT2D eigenvalue weighted by molar-refractivity contribution is 5.66. The predicted molar refractivity (Wildman–Crippen MR) is 45.4 cm³/mol. The minimum Gasteiger partial charge on any atom is -0.481 e. The molecule has 0 unspecified atom stereocenters. The van der Waals surface area contributed by atoms with Gasteiger partial charge >= 0.3 is 5.97 Å². The first-order valence-electron chi connectivity index (χ1n) is 3.67. The Hall–Kier alpha value is -1.05. The van der Waals surface area contributed by atoms with E-state index in [-0.39, 0.29) is 6.42 Å². The summed E-state index contributed by atoms with van der Waals surface area (Å²) in [6, 6.07) is 0. The average Bonchev–Trinajstić information content (AvgIpc) is 1.87. The van der Waals surface area contributed by atoms with Crippen LogP contribution in [0.15, 0.2) is 24.3 Å². The third-order valence-electron chi connectivity index (χ3n) is 1.36. The van der Waals surface area contributed by atoms with E-state index in [1.165, 1.54) is 5.57 Å². The molecule has 1 N–H and O–H groups in total. The van der Waals surface area contributed by atoms with Crippen LogP contribution in [0.5, 0.6) is 0 Å². The number of carboxylic acids is 1. The van der Waals surface area contributed by atoms with Crippen LogP contribution >= 0.6 is 0 Å². The van der Waals surface area contributed by atoms with Crippen molar-refractivity contribution in [3.63, 3.8) is 0 Å². The van der Waals surface area contributed by atoms with Gasteiger partial charge in [0.15, 0.2) is 0 Å². The van der Waals surface area contributed by atoms with Crippen molar-refractivity contribution >= 4 is 5.97 Å². The van der Waals surface area contributed by atoms with E-state index >= 15 is 0 Å². The number of allylic oxidation sites excluding steroid dienone is 3. The lowest BCUT2D eigenvalue weighted by molar-refractivity contribution is -0.137. The number of rotatable bonds is 5. The van der Waals surface area contributed by atoms with Crippen molar-refractivity contribution in [2.45, 2.75) is 26.2 Å². The van der Waals surface area contributed by atoms with Gasteiger partial charge in [-0.05, 0) is 19.8 Å². The number of carboxylic acid groups (broad SMARTS) is 1. The zero-order chi connectivity index (χ0) is 8.69. The van der Waals surface area contributed by atoms with Crippen molar-refractivity contribution < 1.29 is 9.90 Å². The fraction of sp³-hybridized carbons (Fsp3) is 0.444. The molecule has 0 saturated carbocycles. The number of hydrogen-bond donors (Lipinski definition) is 1. The van der Waals surface area contributed by atoms with E-state index in [1.54, 1.807) is 6.08 Å². The first kappa shape index (κ1) is 9.95. The van der Waals surface area contributed by atoms with Gasteiger partial charge in [0.25, 0.3) is 0 Å². The van der Waals surface area contributed by atoms with Crippen LogP contribution in [-0.4, -0.2) is 11.1 Å². The molecule has 0 aromatic carbocycles. The Labute approximate surface area is 67.2 Å². The SMILES string of the molecule is C=C/C=C(\C)CCCC(=O)O. The quantitative estimate of drug-likeness (QED) is 0.617. The summed E-state index contributed by atoms with van der Waals surface area (Å²) >= 11 is 0. The third-order valence-corrected chi connectivity index (χ3v) is 1.36. The molecule has 0 spiro atoms. The van der Waals surface area contributed by atoms with Crippen LogP contribution in [0.1, 0.15) is 26.2 Å². The lowest BCUT2D eigenvalue weighted by Gasteiger charge is -1.96. The first-order valence-corrected chi connectivity index (χ1v) is 3.67. The maximum absolute atomic E-state index is 10.1. The summed E-state index contributed by atoms with van der Waals surface area (Å²) in [6.45, 7) is 5.53. The smallest absolute Gasteiger partial charge is 0.303 e. The van der Waals surface area contributed by atoms with Crippen molar-refractivity contribution in [1.82, 2.24) is 0 Å². The fourth-order valence-electron chi connectivity index (χ4n) is 0.803. The summed E-state index contributed by atoms with van der Waals surface area (Å²) in [5.41, 5.74) is 1.18. The molecule has 0 bridgehead atoms. The standard InChI is InChI=1S/C9H14O2/c1-3-5-8(2)6-4-7-9(10)11/h3,5H,1,4,6-7H2,2H3,(H,10,11)/b8-5+. The molecule has 0 aliphatic heterocycles. The van der Waals surface area contributed by atoms with Gasteiger partial charge in [0.1, 0.15) is 0 Å². The molecule has 2 nitrogen and oxygen atoms in total. The molecule has 0 heterocycles. The van der Waals surface area contributed by atoms with Crippen molar-refractivity contribution in [1.29, 1.82) is 0 Å². The molecule has 0 aliphatic rings. The van der Waals surface area contributed by atoms with Crippen molar-refractivity contribution in [2.24, 2.45) is 0 Å². The summed E-state index contributed by atoms with van der Waals surface area (Å²) < 4.78 is 0. The molecule has 0 aromatic heterocycles. The van der Waals surface area contributed by atoms with E-state index in [0.29, 0.717) is 6.42 Å². The summed E-state index contributed by atoms with van der Waals surface area (Å²) in [7, 11) is 0. The molecule has 62 valence electrons. The Morgan fingerprint density at radius 1 is 1.55 bits per heavy atom. The van der Waals surface area contributed by atoms with E-state index in [0.717, 1.165) is 6.42 Å². The van der Waals surface area contributed by atoms with E-state index in [1.807, 2.05) is 13.0 Å². The maximum Gasteiger partial charge on any atom is 0.303 e. The fourth-order valence-corrected chi connectivity index (χ4v) is 0.803. The van der Waals surface area contributed by atoms with E-state index < -0.39 is 5.97 Å². The lowest BCUT2D eigenvalue weighted by atomic mass is 10.1. The third kappa shape index (κ3) is 6.84. The van der Waals surface area contributed by atoms with Gasteiger partial charge in [0.2, 0.25) is 0 Å². The normalized spacial score (nSPS) is 11.2. The van der Waals surface area contributed by atoms with Crippen molar-refractivity contribution in [2.75, 3.05) is 0 Å². The Balaban J connectivity index is 3.46.